The SMILES string of the molecule is COC(=O)[C@@H](OC(=O)c1cncn1[C@H](C)c1ccccc1)C(C)C.ICI. The molecule has 27 heavy (non-hydrogen) atoms. The summed E-state index contributed by atoms with van der Waals surface area (Å²) in [6, 6.07) is 9.67. The van der Waals surface area contributed by atoms with Crippen LogP contribution in [-0.4, -0.2) is 37.1 Å². The van der Waals surface area contributed by atoms with Crippen molar-refractivity contribution in [3.8, 4) is 0 Å². The first-order chi connectivity index (χ1) is 12.9. The van der Waals surface area contributed by atoms with Crippen molar-refractivity contribution < 1.29 is 19.1 Å². The number of methoxy groups -OCH3 is 1. The highest BCUT2D eigenvalue weighted by Crippen LogP contribution is 2.21. The largest absolute Gasteiger partial charge is 0.466 e. The second-order valence-electron chi connectivity index (χ2n) is 5.97. The number of aromatic nitrogens is 2. The van der Waals surface area contributed by atoms with Gasteiger partial charge in [0.2, 0.25) is 6.10 Å². The number of hydrogen-bond acceptors (Lipinski definition) is 5. The number of rotatable bonds is 6. The average Bonchev–Trinajstić information content (AvgIpc) is 3.15. The highest BCUT2D eigenvalue weighted by Gasteiger charge is 2.29. The normalized spacial score (nSPS) is 12.6. The van der Waals surface area contributed by atoms with Gasteiger partial charge in [-0.3, -0.25) is 0 Å². The fourth-order valence-corrected chi connectivity index (χ4v) is 2.41. The average molecular weight is 598 g/mol. The van der Waals surface area contributed by atoms with Crippen molar-refractivity contribution in [3.05, 3.63) is 54.1 Å². The second kappa shape index (κ2) is 12.3. The molecular weight excluding hydrogens is 574 g/mol. The maximum Gasteiger partial charge on any atom is 0.357 e. The van der Waals surface area contributed by atoms with E-state index in [4.69, 9.17) is 9.47 Å². The zero-order valence-corrected chi connectivity index (χ0v) is 20.1. The number of benzene rings is 1. The van der Waals surface area contributed by atoms with Crippen molar-refractivity contribution in [2.24, 2.45) is 5.92 Å². The smallest absolute Gasteiger partial charge is 0.357 e. The van der Waals surface area contributed by atoms with E-state index in [0.29, 0.717) is 5.69 Å². The van der Waals surface area contributed by atoms with E-state index in [2.05, 4.69) is 50.2 Å². The van der Waals surface area contributed by atoms with Gasteiger partial charge in [0.1, 0.15) is 5.69 Å². The Morgan fingerprint density at radius 2 is 1.74 bits per heavy atom. The topological polar surface area (TPSA) is 70.4 Å². The van der Waals surface area contributed by atoms with Crippen molar-refractivity contribution in [1.82, 2.24) is 9.55 Å². The molecule has 8 heteroatoms. The maximum absolute atomic E-state index is 12.5. The quantitative estimate of drug-likeness (QED) is 0.275. The minimum Gasteiger partial charge on any atom is -0.466 e. The fourth-order valence-electron chi connectivity index (χ4n) is 2.41. The molecule has 2 rings (SSSR count). The number of ether oxygens (including phenoxy) is 2. The first kappa shape index (κ1) is 23.9. The molecule has 0 aliphatic carbocycles. The Labute approximate surface area is 187 Å². The summed E-state index contributed by atoms with van der Waals surface area (Å²) in [6.07, 6.45) is 2.07. The summed E-state index contributed by atoms with van der Waals surface area (Å²) in [5.74, 6) is -1.36. The minimum absolute atomic E-state index is 0.0909. The molecule has 0 fully saturated rings. The molecule has 2 atom stereocenters. The van der Waals surface area contributed by atoms with Gasteiger partial charge in [0, 0.05) is 5.92 Å². The third-order valence-corrected chi connectivity index (χ3v) is 3.85. The van der Waals surface area contributed by atoms with Crippen LogP contribution in [0, 0.1) is 5.92 Å². The molecule has 1 heterocycles. The Bertz CT molecular complexity index is 720. The lowest BCUT2D eigenvalue weighted by molar-refractivity contribution is -0.153. The molecule has 1 aromatic heterocycles. The van der Waals surface area contributed by atoms with Crippen LogP contribution >= 0.6 is 45.2 Å². The minimum atomic E-state index is -0.946. The van der Waals surface area contributed by atoms with Gasteiger partial charge in [-0.05, 0) is 12.5 Å². The molecule has 2 aromatic rings. The number of hydrogen-bond donors (Lipinski definition) is 0. The Hall–Kier alpha value is -1.17. The zero-order chi connectivity index (χ0) is 20.4. The van der Waals surface area contributed by atoms with Crippen LogP contribution in [-0.2, 0) is 14.3 Å². The van der Waals surface area contributed by atoms with E-state index in [1.54, 1.807) is 24.7 Å². The molecule has 0 saturated carbocycles. The van der Waals surface area contributed by atoms with E-state index in [0.717, 1.165) is 5.56 Å². The van der Waals surface area contributed by atoms with Crippen molar-refractivity contribution in [2.75, 3.05) is 9.54 Å². The third-order valence-electron chi connectivity index (χ3n) is 3.85. The predicted molar refractivity (Wildman–Crippen MR) is 121 cm³/mol. The van der Waals surface area contributed by atoms with Crippen LogP contribution in [0.5, 0.6) is 0 Å². The lowest BCUT2D eigenvalue weighted by atomic mass is 10.1. The first-order valence-corrected chi connectivity index (χ1v) is 11.4. The van der Waals surface area contributed by atoms with E-state index in [1.807, 2.05) is 37.3 Å². The first-order valence-electron chi connectivity index (χ1n) is 8.34. The molecule has 0 radical (unpaired) electrons. The molecule has 0 spiro atoms. The molecular formula is C19H24I2N2O4. The summed E-state index contributed by atoms with van der Waals surface area (Å²) >= 11 is 4.55. The number of esters is 2. The molecule has 1 aromatic carbocycles. The van der Waals surface area contributed by atoms with Gasteiger partial charge in [-0.15, -0.1) is 0 Å². The van der Waals surface area contributed by atoms with E-state index in [9.17, 15) is 9.59 Å². The van der Waals surface area contributed by atoms with Crippen molar-refractivity contribution >= 4 is 57.1 Å². The summed E-state index contributed by atoms with van der Waals surface area (Å²) in [4.78, 5) is 28.3. The number of imidazole rings is 1. The van der Waals surface area contributed by atoms with Crippen molar-refractivity contribution in [3.63, 3.8) is 0 Å². The van der Waals surface area contributed by atoms with Crippen LogP contribution in [0.3, 0.4) is 0 Å². The molecule has 0 unspecified atom stereocenters. The monoisotopic (exact) mass is 598 g/mol. The van der Waals surface area contributed by atoms with Crippen LogP contribution in [0.1, 0.15) is 42.9 Å². The molecule has 0 aliphatic rings. The summed E-state index contributed by atoms with van der Waals surface area (Å²) in [5.41, 5.74) is 1.33. The molecule has 0 aliphatic heterocycles. The van der Waals surface area contributed by atoms with Crippen LogP contribution in [0.15, 0.2) is 42.9 Å². The van der Waals surface area contributed by atoms with Crippen molar-refractivity contribution in [1.29, 1.82) is 0 Å². The predicted octanol–water partition coefficient (Wildman–Crippen LogP) is 4.66. The van der Waals surface area contributed by atoms with Gasteiger partial charge in [0.15, 0.2) is 0 Å². The number of halogens is 2. The summed E-state index contributed by atoms with van der Waals surface area (Å²) in [7, 11) is 1.27. The summed E-state index contributed by atoms with van der Waals surface area (Å²) in [5, 5.41) is 0. The zero-order valence-electron chi connectivity index (χ0n) is 15.8. The van der Waals surface area contributed by atoms with Gasteiger partial charge >= 0.3 is 11.9 Å². The van der Waals surface area contributed by atoms with Gasteiger partial charge in [0.05, 0.1) is 28.1 Å². The molecule has 0 bridgehead atoms. The van der Waals surface area contributed by atoms with Gasteiger partial charge < -0.3 is 14.0 Å². The summed E-state index contributed by atoms with van der Waals surface area (Å²) in [6.45, 7) is 5.55. The van der Waals surface area contributed by atoms with E-state index < -0.39 is 18.0 Å². The number of carbonyl (C=O) groups is 2. The molecule has 0 amide bonds. The maximum atomic E-state index is 12.5. The summed E-state index contributed by atoms with van der Waals surface area (Å²) < 4.78 is 13.0. The molecule has 0 N–H and O–H groups in total. The van der Waals surface area contributed by atoms with E-state index >= 15 is 0 Å². The fraction of sp³-hybridized carbons (Fsp3) is 0.421. The van der Waals surface area contributed by atoms with E-state index in [1.165, 1.54) is 15.7 Å². The third kappa shape index (κ3) is 7.05. The highest BCUT2D eigenvalue weighted by atomic mass is 127. The van der Waals surface area contributed by atoms with Gasteiger partial charge in [-0.25, -0.2) is 14.6 Å². The number of nitrogens with zero attached hydrogens (tertiary/aromatic N) is 2. The van der Waals surface area contributed by atoms with Gasteiger partial charge in [-0.2, -0.15) is 0 Å². The molecule has 6 nitrogen and oxygen atoms in total. The van der Waals surface area contributed by atoms with Crippen LogP contribution in [0.25, 0.3) is 0 Å². The second-order valence-corrected chi connectivity index (χ2v) is 10.4. The Kier molecular flexibility index (Phi) is 10.9. The lowest BCUT2D eigenvalue weighted by Gasteiger charge is -2.20. The Morgan fingerprint density at radius 1 is 1.15 bits per heavy atom. The van der Waals surface area contributed by atoms with Gasteiger partial charge in [-0.1, -0.05) is 89.4 Å². The number of alkyl halides is 2. The van der Waals surface area contributed by atoms with E-state index in [-0.39, 0.29) is 12.0 Å². The van der Waals surface area contributed by atoms with Crippen LogP contribution in [0.4, 0.5) is 0 Å². The van der Waals surface area contributed by atoms with Crippen LogP contribution in [0.2, 0.25) is 0 Å². The standard InChI is InChI=1S/C18H22N2O4.CH2I2/c1-12(2)16(18(22)23-4)24-17(21)15-10-19-11-20(15)13(3)14-8-6-5-7-9-14;2-1-3/h5-13,16H,1-4H3;1H2/t13-,16+;/m1./s1. The Balaban J connectivity index is 0.00000114. The lowest BCUT2D eigenvalue weighted by Crippen LogP contribution is -2.33. The molecule has 148 valence electrons. The number of carbonyl (C=O) groups excluding carboxylic acids is 2. The van der Waals surface area contributed by atoms with Crippen molar-refractivity contribution in [2.45, 2.75) is 32.9 Å². The Morgan fingerprint density at radius 3 is 2.26 bits per heavy atom. The van der Waals surface area contributed by atoms with Gasteiger partial charge in [0.25, 0.3) is 0 Å². The molecule has 0 saturated heterocycles. The highest BCUT2D eigenvalue weighted by molar-refractivity contribution is 14.2. The van der Waals surface area contributed by atoms with Crippen LogP contribution < -0.4 is 0 Å².